The predicted molar refractivity (Wildman–Crippen MR) is 92.3 cm³/mol. The molecule has 0 aromatic heterocycles. The van der Waals surface area contributed by atoms with Crippen LogP contribution in [0.25, 0.3) is 0 Å². The molecule has 4 amide bonds. The Hall–Kier alpha value is -2.49. The Balaban J connectivity index is 1.62. The van der Waals surface area contributed by atoms with Crippen molar-refractivity contribution in [3.63, 3.8) is 0 Å². The molecule has 1 aliphatic rings. The van der Waals surface area contributed by atoms with Crippen molar-refractivity contribution in [3.8, 4) is 0 Å². The fourth-order valence-electron chi connectivity index (χ4n) is 2.61. The summed E-state index contributed by atoms with van der Waals surface area (Å²) in [6.45, 7) is 2.59. The molecule has 0 unspecified atom stereocenters. The molecule has 150 valence electrons. The Labute approximate surface area is 155 Å². The Bertz CT molecular complexity index is 634. The largest absolute Gasteiger partial charge is 0.416 e. The summed E-state index contributed by atoms with van der Waals surface area (Å²) in [7, 11) is 0. The normalized spacial score (nSPS) is 14.6. The SMILES string of the molecule is O=C(NCCNC(=O)N1CCOCC1)NCCc1ccccc1C(F)(F)F. The van der Waals surface area contributed by atoms with Crippen LogP contribution in [0.3, 0.4) is 0 Å². The van der Waals surface area contributed by atoms with Crippen molar-refractivity contribution >= 4 is 12.1 Å². The molecule has 3 N–H and O–H groups in total. The highest BCUT2D eigenvalue weighted by Gasteiger charge is 2.32. The first-order chi connectivity index (χ1) is 12.9. The molecule has 0 aliphatic carbocycles. The van der Waals surface area contributed by atoms with Crippen molar-refractivity contribution in [2.24, 2.45) is 0 Å². The molecule has 1 aromatic carbocycles. The molecule has 1 heterocycles. The second-order valence-electron chi connectivity index (χ2n) is 5.92. The van der Waals surface area contributed by atoms with Gasteiger partial charge in [0.15, 0.2) is 0 Å². The predicted octanol–water partition coefficient (Wildman–Crippen LogP) is 1.59. The number of carbonyl (C=O) groups is 2. The quantitative estimate of drug-likeness (QED) is 0.648. The summed E-state index contributed by atoms with van der Waals surface area (Å²) in [5, 5.41) is 7.72. The van der Waals surface area contributed by atoms with E-state index < -0.39 is 17.8 Å². The van der Waals surface area contributed by atoms with Gasteiger partial charge in [0.05, 0.1) is 18.8 Å². The molecule has 1 fully saturated rings. The van der Waals surface area contributed by atoms with E-state index in [-0.39, 0.29) is 37.6 Å². The van der Waals surface area contributed by atoms with Gasteiger partial charge in [-0.2, -0.15) is 13.2 Å². The van der Waals surface area contributed by atoms with Crippen LogP contribution in [0.5, 0.6) is 0 Å². The first-order valence-corrected chi connectivity index (χ1v) is 8.65. The van der Waals surface area contributed by atoms with Crippen molar-refractivity contribution in [1.82, 2.24) is 20.9 Å². The highest BCUT2D eigenvalue weighted by molar-refractivity contribution is 5.75. The standard InChI is InChI=1S/C17H23F3N4O3/c18-17(19,20)14-4-2-1-3-13(14)5-6-21-15(25)22-7-8-23-16(26)24-9-11-27-12-10-24/h1-4H,5-12H2,(H,23,26)(H2,21,22,25). The topological polar surface area (TPSA) is 82.7 Å². The maximum Gasteiger partial charge on any atom is 0.416 e. The average molecular weight is 388 g/mol. The number of hydrogen-bond donors (Lipinski definition) is 3. The second-order valence-corrected chi connectivity index (χ2v) is 5.92. The van der Waals surface area contributed by atoms with Crippen LogP contribution < -0.4 is 16.0 Å². The van der Waals surface area contributed by atoms with Gasteiger partial charge < -0.3 is 25.6 Å². The molecule has 10 heteroatoms. The van der Waals surface area contributed by atoms with Gasteiger partial charge in [-0.15, -0.1) is 0 Å². The first-order valence-electron chi connectivity index (χ1n) is 8.65. The van der Waals surface area contributed by atoms with Crippen LogP contribution in [-0.2, 0) is 17.3 Å². The minimum absolute atomic E-state index is 0.0663. The van der Waals surface area contributed by atoms with Gasteiger partial charge in [-0.1, -0.05) is 18.2 Å². The van der Waals surface area contributed by atoms with Crippen LogP contribution in [0.15, 0.2) is 24.3 Å². The number of nitrogens with zero attached hydrogens (tertiary/aromatic N) is 1. The van der Waals surface area contributed by atoms with Gasteiger partial charge in [0.2, 0.25) is 0 Å². The number of benzene rings is 1. The van der Waals surface area contributed by atoms with E-state index in [0.29, 0.717) is 26.3 Å². The number of carbonyl (C=O) groups excluding carboxylic acids is 2. The molecule has 1 saturated heterocycles. The zero-order valence-corrected chi connectivity index (χ0v) is 14.8. The van der Waals surface area contributed by atoms with Crippen LogP contribution >= 0.6 is 0 Å². The molecular weight excluding hydrogens is 365 g/mol. The minimum Gasteiger partial charge on any atom is -0.378 e. The molecule has 0 radical (unpaired) electrons. The third-order valence-electron chi connectivity index (χ3n) is 3.99. The zero-order chi connectivity index (χ0) is 19.7. The Morgan fingerprint density at radius 1 is 1.00 bits per heavy atom. The number of rotatable bonds is 6. The van der Waals surface area contributed by atoms with Gasteiger partial charge in [-0.05, 0) is 18.1 Å². The summed E-state index contributed by atoms with van der Waals surface area (Å²) < 4.78 is 43.8. The van der Waals surface area contributed by atoms with Crippen LogP contribution in [0, 0.1) is 0 Å². The van der Waals surface area contributed by atoms with E-state index in [2.05, 4.69) is 16.0 Å². The number of hydrogen-bond acceptors (Lipinski definition) is 3. The van der Waals surface area contributed by atoms with E-state index in [4.69, 9.17) is 4.74 Å². The van der Waals surface area contributed by atoms with E-state index in [0.717, 1.165) is 6.07 Å². The molecule has 1 aromatic rings. The lowest BCUT2D eigenvalue weighted by molar-refractivity contribution is -0.138. The summed E-state index contributed by atoms with van der Waals surface area (Å²) in [6, 6.07) is 4.56. The van der Waals surface area contributed by atoms with Gasteiger partial charge in [0.25, 0.3) is 0 Å². The van der Waals surface area contributed by atoms with E-state index in [9.17, 15) is 22.8 Å². The fourth-order valence-corrected chi connectivity index (χ4v) is 2.61. The van der Waals surface area contributed by atoms with Gasteiger partial charge in [0.1, 0.15) is 0 Å². The van der Waals surface area contributed by atoms with Crippen molar-refractivity contribution < 1.29 is 27.5 Å². The molecule has 2 rings (SSSR count). The summed E-state index contributed by atoms with van der Waals surface area (Å²) in [5.74, 6) is 0. The van der Waals surface area contributed by atoms with Gasteiger partial charge >= 0.3 is 18.2 Å². The number of nitrogens with one attached hydrogen (secondary N) is 3. The molecule has 0 saturated carbocycles. The maximum absolute atomic E-state index is 12.9. The van der Waals surface area contributed by atoms with Gasteiger partial charge in [-0.25, -0.2) is 9.59 Å². The Kier molecular flexibility index (Phi) is 7.71. The Morgan fingerprint density at radius 2 is 1.63 bits per heavy atom. The van der Waals surface area contributed by atoms with Crippen molar-refractivity contribution in [2.75, 3.05) is 45.9 Å². The third kappa shape index (κ3) is 6.97. The maximum atomic E-state index is 12.9. The summed E-state index contributed by atoms with van der Waals surface area (Å²) in [5.41, 5.74) is -0.568. The van der Waals surface area contributed by atoms with Crippen molar-refractivity contribution in [3.05, 3.63) is 35.4 Å². The first kappa shape index (κ1) is 20.8. The van der Waals surface area contributed by atoms with E-state index in [1.165, 1.54) is 18.2 Å². The molecule has 7 nitrogen and oxygen atoms in total. The van der Waals surface area contributed by atoms with Crippen LogP contribution in [0.1, 0.15) is 11.1 Å². The molecule has 27 heavy (non-hydrogen) atoms. The second kappa shape index (κ2) is 10.0. The zero-order valence-electron chi connectivity index (χ0n) is 14.8. The van der Waals surface area contributed by atoms with E-state index in [1.54, 1.807) is 4.90 Å². The van der Waals surface area contributed by atoms with Crippen LogP contribution in [-0.4, -0.2) is 62.9 Å². The molecule has 0 spiro atoms. The number of morpholine rings is 1. The fraction of sp³-hybridized carbons (Fsp3) is 0.529. The number of halogens is 3. The third-order valence-corrected chi connectivity index (χ3v) is 3.99. The minimum atomic E-state index is -4.42. The van der Waals surface area contributed by atoms with E-state index >= 15 is 0 Å². The molecular formula is C17H23F3N4O3. The number of amides is 4. The highest BCUT2D eigenvalue weighted by atomic mass is 19.4. The molecule has 1 aliphatic heterocycles. The van der Waals surface area contributed by atoms with Crippen LogP contribution in [0.2, 0.25) is 0 Å². The van der Waals surface area contributed by atoms with Crippen molar-refractivity contribution in [2.45, 2.75) is 12.6 Å². The van der Waals surface area contributed by atoms with Crippen LogP contribution in [0.4, 0.5) is 22.8 Å². The lowest BCUT2D eigenvalue weighted by Gasteiger charge is -2.26. The lowest BCUT2D eigenvalue weighted by atomic mass is 10.0. The number of ether oxygens (including phenoxy) is 1. The monoisotopic (exact) mass is 388 g/mol. The van der Waals surface area contributed by atoms with E-state index in [1.807, 2.05) is 0 Å². The van der Waals surface area contributed by atoms with Crippen molar-refractivity contribution in [1.29, 1.82) is 0 Å². The summed E-state index contributed by atoms with van der Waals surface area (Å²) >= 11 is 0. The molecule has 0 bridgehead atoms. The van der Waals surface area contributed by atoms with Gasteiger partial charge in [0, 0.05) is 32.7 Å². The lowest BCUT2D eigenvalue weighted by Crippen LogP contribution is -2.48. The average Bonchev–Trinajstić information content (AvgIpc) is 2.65. The Morgan fingerprint density at radius 3 is 2.33 bits per heavy atom. The summed E-state index contributed by atoms with van der Waals surface area (Å²) in [6.07, 6.45) is -4.35. The van der Waals surface area contributed by atoms with Gasteiger partial charge in [-0.3, -0.25) is 0 Å². The summed E-state index contributed by atoms with van der Waals surface area (Å²) in [4.78, 5) is 25.1. The highest BCUT2D eigenvalue weighted by Crippen LogP contribution is 2.31. The number of urea groups is 2. The molecule has 0 atom stereocenters. The number of alkyl halides is 3. The smallest absolute Gasteiger partial charge is 0.378 e.